The van der Waals surface area contributed by atoms with Crippen molar-refractivity contribution in [3.05, 3.63) is 11.4 Å². The summed E-state index contributed by atoms with van der Waals surface area (Å²) in [5.74, 6) is -0.966. The predicted octanol–water partition coefficient (Wildman–Crippen LogP) is 1.57. The lowest BCUT2D eigenvalue weighted by atomic mass is 9.90. The smallest absolute Gasteiger partial charge is 0.394 e. The third-order valence-corrected chi connectivity index (χ3v) is 3.07. The molecule has 5 nitrogen and oxygen atoms in total. The van der Waals surface area contributed by atoms with Crippen molar-refractivity contribution in [3.63, 3.8) is 0 Å². The Hall–Kier alpha value is -1.57. The van der Waals surface area contributed by atoms with Crippen LogP contribution < -0.4 is 0 Å². The molecule has 0 saturated carbocycles. The monoisotopic (exact) mass is 239 g/mol. The van der Waals surface area contributed by atoms with Gasteiger partial charge in [0.05, 0.1) is 12.0 Å². The van der Waals surface area contributed by atoms with Crippen LogP contribution in [0.4, 0.5) is 0 Å². The van der Waals surface area contributed by atoms with Gasteiger partial charge in [0.15, 0.2) is 6.10 Å². The Morgan fingerprint density at radius 2 is 2.29 bits per heavy atom. The van der Waals surface area contributed by atoms with Crippen LogP contribution in [0, 0.1) is 12.0 Å². The molecule has 1 heterocycles. The molecule has 0 amide bonds. The van der Waals surface area contributed by atoms with Crippen LogP contribution in [0.2, 0.25) is 0 Å². The van der Waals surface area contributed by atoms with Gasteiger partial charge in [-0.1, -0.05) is 6.92 Å². The molecule has 2 unspecified atom stereocenters. The van der Waals surface area contributed by atoms with Crippen LogP contribution in [-0.2, 0) is 19.1 Å². The van der Waals surface area contributed by atoms with Crippen LogP contribution in [0.5, 0.6) is 0 Å². The number of ether oxygens (including phenoxy) is 2. The van der Waals surface area contributed by atoms with Gasteiger partial charge in [-0.15, -0.1) is 0 Å². The van der Waals surface area contributed by atoms with Gasteiger partial charge in [0.25, 0.3) is 0 Å². The maximum Gasteiger partial charge on any atom is 0.394 e. The maximum atomic E-state index is 11.9. The minimum Gasteiger partial charge on any atom is -0.460 e. The van der Waals surface area contributed by atoms with Gasteiger partial charge in [0, 0.05) is 6.42 Å². The molecular formula is C12H17NO4. The third-order valence-electron chi connectivity index (χ3n) is 3.07. The van der Waals surface area contributed by atoms with Gasteiger partial charge in [-0.05, 0) is 20.3 Å². The van der Waals surface area contributed by atoms with E-state index in [4.69, 9.17) is 16.0 Å². The highest BCUT2D eigenvalue weighted by atomic mass is 16.6. The van der Waals surface area contributed by atoms with Gasteiger partial charge >= 0.3 is 18.0 Å². The number of cyclic esters (lactones) is 1. The van der Waals surface area contributed by atoms with Crippen molar-refractivity contribution in [3.8, 4) is 0 Å². The van der Waals surface area contributed by atoms with Gasteiger partial charge < -0.3 is 9.47 Å². The Morgan fingerprint density at radius 1 is 1.65 bits per heavy atom. The van der Waals surface area contributed by atoms with E-state index in [0.29, 0.717) is 12.8 Å². The van der Waals surface area contributed by atoms with E-state index in [9.17, 15) is 9.59 Å². The molecule has 94 valence electrons. The van der Waals surface area contributed by atoms with E-state index in [1.165, 1.54) is 0 Å². The van der Waals surface area contributed by atoms with Crippen LogP contribution >= 0.6 is 0 Å². The van der Waals surface area contributed by atoms with Crippen molar-refractivity contribution in [2.24, 2.45) is 5.41 Å². The Kier molecular flexibility index (Phi) is 4.11. The SMILES string of the molecule is [C-]#[N+]C1C(=O)OCCC1OC(=O)C(C)(C)CC. The first-order valence-corrected chi connectivity index (χ1v) is 5.66. The minimum absolute atomic E-state index is 0.204. The Labute approximate surface area is 101 Å². The highest BCUT2D eigenvalue weighted by molar-refractivity contribution is 5.81. The summed E-state index contributed by atoms with van der Waals surface area (Å²) in [6.07, 6.45) is 0.364. The molecule has 0 aromatic carbocycles. The van der Waals surface area contributed by atoms with Crippen molar-refractivity contribution < 1.29 is 19.1 Å². The normalized spacial score (nSPS) is 24.7. The van der Waals surface area contributed by atoms with Crippen LogP contribution in [-0.4, -0.2) is 30.7 Å². The number of nitrogens with zero attached hydrogens (tertiary/aromatic N) is 1. The second-order valence-corrected chi connectivity index (χ2v) is 4.71. The first-order valence-electron chi connectivity index (χ1n) is 5.66. The van der Waals surface area contributed by atoms with E-state index in [-0.39, 0.29) is 12.6 Å². The van der Waals surface area contributed by atoms with Gasteiger partial charge in [-0.2, -0.15) is 0 Å². The number of hydrogen-bond donors (Lipinski definition) is 0. The summed E-state index contributed by atoms with van der Waals surface area (Å²) in [7, 11) is 0. The van der Waals surface area contributed by atoms with Crippen molar-refractivity contribution in [2.45, 2.75) is 45.8 Å². The molecule has 0 aromatic rings. The predicted molar refractivity (Wildman–Crippen MR) is 59.9 cm³/mol. The molecule has 1 saturated heterocycles. The largest absolute Gasteiger partial charge is 0.460 e. The molecule has 1 aliphatic heterocycles. The van der Waals surface area contributed by atoms with Crippen LogP contribution in [0.15, 0.2) is 0 Å². The molecule has 0 aliphatic carbocycles. The van der Waals surface area contributed by atoms with E-state index < -0.39 is 23.5 Å². The van der Waals surface area contributed by atoms with Gasteiger partial charge in [0.2, 0.25) is 0 Å². The van der Waals surface area contributed by atoms with Crippen molar-refractivity contribution in [1.82, 2.24) is 0 Å². The Balaban J connectivity index is 2.71. The summed E-state index contributed by atoms with van der Waals surface area (Å²) in [6, 6.07) is -1.01. The molecule has 1 fully saturated rings. The van der Waals surface area contributed by atoms with E-state index in [2.05, 4.69) is 4.85 Å². The average Bonchev–Trinajstić information content (AvgIpc) is 2.29. The molecule has 1 aliphatic rings. The molecule has 0 radical (unpaired) electrons. The zero-order valence-corrected chi connectivity index (χ0v) is 10.4. The summed E-state index contributed by atoms with van der Waals surface area (Å²) in [6.45, 7) is 12.6. The second kappa shape index (κ2) is 5.17. The zero-order valence-electron chi connectivity index (χ0n) is 10.4. The highest BCUT2D eigenvalue weighted by Gasteiger charge is 2.43. The third kappa shape index (κ3) is 2.96. The van der Waals surface area contributed by atoms with Gasteiger partial charge in [0.1, 0.15) is 0 Å². The molecular weight excluding hydrogens is 222 g/mol. The fourth-order valence-corrected chi connectivity index (χ4v) is 1.37. The lowest BCUT2D eigenvalue weighted by molar-refractivity contribution is -0.170. The first kappa shape index (κ1) is 13.5. The lowest BCUT2D eigenvalue weighted by Crippen LogP contribution is -2.43. The average molecular weight is 239 g/mol. The molecule has 5 heteroatoms. The first-order chi connectivity index (χ1) is 7.92. The van der Waals surface area contributed by atoms with Crippen molar-refractivity contribution in [2.75, 3.05) is 6.61 Å². The Morgan fingerprint density at radius 3 is 2.82 bits per heavy atom. The number of esters is 2. The van der Waals surface area contributed by atoms with Crippen LogP contribution in [0.1, 0.15) is 33.6 Å². The second-order valence-electron chi connectivity index (χ2n) is 4.71. The fourth-order valence-electron chi connectivity index (χ4n) is 1.37. The topological polar surface area (TPSA) is 57.0 Å². The highest BCUT2D eigenvalue weighted by Crippen LogP contribution is 2.25. The molecule has 0 spiro atoms. The Bertz CT molecular complexity index is 356. The van der Waals surface area contributed by atoms with Crippen LogP contribution in [0.3, 0.4) is 0 Å². The van der Waals surface area contributed by atoms with E-state index in [1.807, 2.05) is 6.92 Å². The van der Waals surface area contributed by atoms with E-state index in [1.54, 1.807) is 13.8 Å². The molecule has 0 aromatic heterocycles. The molecule has 17 heavy (non-hydrogen) atoms. The van der Waals surface area contributed by atoms with E-state index >= 15 is 0 Å². The van der Waals surface area contributed by atoms with Crippen molar-refractivity contribution in [1.29, 1.82) is 0 Å². The van der Waals surface area contributed by atoms with Gasteiger partial charge in [-0.25, -0.2) is 11.4 Å². The molecule has 2 atom stereocenters. The van der Waals surface area contributed by atoms with Gasteiger partial charge in [-0.3, -0.25) is 9.64 Å². The summed E-state index contributed by atoms with van der Waals surface area (Å²) < 4.78 is 10.0. The standard InChI is InChI=1S/C12H17NO4/c1-5-12(2,3)11(15)17-8-6-7-16-10(14)9(8)13-4/h8-9H,5-7H2,1-3H3. The van der Waals surface area contributed by atoms with E-state index in [0.717, 1.165) is 0 Å². The number of carbonyl (C=O) groups is 2. The summed E-state index contributed by atoms with van der Waals surface area (Å²) in [5.41, 5.74) is -0.589. The zero-order chi connectivity index (χ0) is 13.1. The molecule has 0 bridgehead atoms. The molecule has 0 N–H and O–H groups in total. The number of carbonyl (C=O) groups excluding carboxylic acids is 2. The number of rotatable bonds is 3. The lowest BCUT2D eigenvalue weighted by Gasteiger charge is -2.27. The fraction of sp³-hybridized carbons (Fsp3) is 0.750. The summed E-state index contributed by atoms with van der Waals surface area (Å²) >= 11 is 0. The molecule has 1 rings (SSSR count). The number of hydrogen-bond acceptors (Lipinski definition) is 4. The summed E-state index contributed by atoms with van der Waals surface area (Å²) in [5, 5.41) is 0. The maximum absolute atomic E-state index is 11.9. The minimum atomic E-state index is -1.01. The van der Waals surface area contributed by atoms with Crippen molar-refractivity contribution >= 4 is 11.9 Å². The quantitative estimate of drug-likeness (QED) is 0.554. The van der Waals surface area contributed by atoms with Crippen LogP contribution in [0.25, 0.3) is 4.85 Å². The summed E-state index contributed by atoms with van der Waals surface area (Å²) in [4.78, 5) is 26.3.